The Kier molecular flexibility index (Phi) is 6.09. The van der Waals surface area contributed by atoms with Crippen molar-refractivity contribution in [1.29, 1.82) is 0 Å². The number of nitrogens with one attached hydrogen (secondary N) is 1. The predicted molar refractivity (Wildman–Crippen MR) is 102 cm³/mol. The van der Waals surface area contributed by atoms with E-state index >= 15 is 0 Å². The first-order valence-electron chi connectivity index (χ1n) is 9.63. The van der Waals surface area contributed by atoms with Crippen molar-refractivity contribution in [1.82, 2.24) is 4.98 Å². The van der Waals surface area contributed by atoms with Crippen LogP contribution in [0.3, 0.4) is 0 Å². The van der Waals surface area contributed by atoms with Gasteiger partial charge in [0.25, 0.3) is 0 Å². The Bertz CT molecular complexity index is 669. The molecule has 0 spiro atoms. The lowest BCUT2D eigenvalue weighted by molar-refractivity contribution is -0.937. The van der Waals surface area contributed by atoms with Crippen LogP contribution in [0.4, 0.5) is 0 Å². The molecule has 1 aliphatic heterocycles. The van der Waals surface area contributed by atoms with Gasteiger partial charge in [-0.05, 0) is 48.9 Å². The molecule has 3 heteroatoms. The smallest absolute Gasteiger partial charge is 0.137 e. The Morgan fingerprint density at radius 3 is 2.88 bits per heavy atom. The van der Waals surface area contributed by atoms with Crippen molar-refractivity contribution in [2.45, 2.75) is 52.0 Å². The molecule has 0 saturated carbocycles. The van der Waals surface area contributed by atoms with Gasteiger partial charge in [-0.15, -0.1) is 0 Å². The fraction of sp³-hybridized carbons (Fsp3) is 0.500. The average molecular weight is 340 g/mol. The van der Waals surface area contributed by atoms with Gasteiger partial charge in [-0.25, -0.2) is 0 Å². The van der Waals surface area contributed by atoms with Crippen LogP contribution in [0.1, 0.15) is 61.8 Å². The molecule has 1 aromatic heterocycles. The number of ether oxygens (including phenoxy) is 1. The van der Waals surface area contributed by atoms with Crippen molar-refractivity contribution >= 4 is 0 Å². The van der Waals surface area contributed by atoms with Crippen LogP contribution in [0.2, 0.25) is 0 Å². The molecule has 0 amide bonds. The third-order valence-corrected chi connectivity index (χ3v) is 5.29. The molecule has 1 saturated heterocycles. The summed E-state index contributed by atoms with van der Waals surface area (Å²) in [5.74, 6) is 1.55. The van der Waals surface area contributed by atoms with E-state index in [0.29, 0.717) is 12.0 Å². The minimum atomic E-state index is 0.487. The maximum Gasteiger partial charge on any atom is 0.137 e. The molecule has 0 bridgehead atoms. The van der Waals surface area contributed by atoms with Crippen molar-refractivity contribution in [2.75, 3.05) is 19.7 Å². The fourth-order valence-electron chi connectivity index (χ4n) is 3.90. The molecule has 1 aliphatic rings. The van der Waals surface area contributed by atoms with Gasteiger partial charge in [0.15, 0.2) is 0 Å². The van der Waals surface area contributed by atoms with Crippen LogP contribution in [0, 0.1) is 6.92 Å². The Balaban J connectivity index is 1.64. The number of likely N-dealkylation sites (tertiary alicyclic amines) is 1. The van der Waals surface area contributed by atoms with Crippen molar-refractivity contribution in [2.24, 2.45) is 0 Å². The van der Waals surface area contributed by atoms with Crippen LogP contribution in [0.25, 0.3) is 0 Å². The van der Waals surface area contributed by atoms with E-state index < -0.39 is 0 Å². The number of benzene rings is 1. The van der Waals surface area contributed by atoms with E-state index in [4.69, 9.17) is 4.74 Å². The summed E-state index contributed by atoms with van der Waals surface area (Å²) in [4.78, 5) is 5.96. The summed E-state index contributed by atoms with van der Waals surface area (Å²) in [6.07, 6.45) is 7.78. The van der Waals surface area contributed by atoms with Gasteiger partial charge in [0.2, 0.25) is 0 Å². The zero-order chi connectivity index (χ0) is 17.6. The van der Waals surface area contributed by atoms with Crippen LogP contribution < -0.4 is 9.64 Å². The summed E-state index contributed by atoms with van der Waals surface area (Å²) < 4.78 is 6.23. The number of aryl methyl sites for hydroxylation is 1. The average Bonchev–Trinajstić information content (AvgIpc) is 2.63. The van der Waals surface area contributed by atoms with Gasteiger partial charge in [0, 0.05) is 24.4 Å². The zero-order valence-electron chi connectivity index (χ0n) is 15.8. The lowest BCUT2D eigenvalue weighted by Gasteiger charge is -2.32. The minimum Gasteiger partial charge on any atom is -0.487 e. The first kappa shape index (κ1) is 17.9. The monoisotopic (exact) mass is 339 g/mol. The van der Waals surface area contributed by atoms with Crippen molar-refractivity contribution in [3.8, 4) is 5.75 Å². The van der Waals surface area contributed by atoms with Crippen molar-refractivity contribution in [3.05, 3.63) is 59.4 Å². The van der Waals surface area contributed by atoms with Crippen LogP contribution in [-0.2, 0) is 0 Å². The maximum atomic E-state index is 6.23. The first-order chi connectivity index (χ1) is 12.1. The number of aromatic nitrogens is 1. The quantitative estimate of drug-likeness (QED) is 0.868. The predicted octanol–water partition coefficient (Wildman–Crippen LogP) is 3.70. The van der Waals surface area contributed by atoms with Gasteiger partial charge in [-0.3, -0.25) is 4.98 Å². The highest BCUT2D eigenvalue weighted by atomic mass is 16.5. The van der Waals surface area contributed by atoms with Gasteiger partial charge in [0.05, 0.1) is 6.54 Å². The van der Waals surface area contributed by atoms with E-state index in [9.17, 15) is 0 Å². The fourth-order valence-corrected chi connectivity index (χ4v) is 3.90. The molecule has 1 fully saturated rings. The number of piperidine rings is 1. The van der Waals surface area contributed by atoms with E-state index in [1.54, 1.807) is 4.90 Å². The summed E-state index contributed by atoms with van der Waals surface area (Å²) in [5.41, 5.74) is 3.94. The molecule has 3 rings (SSSR count). The SMILES string of the molecule is Cc1ccc(C(C)C)c(OCC[NH+]2CCCC[C@@H]2c2cccnc2)c1. The van der Waals surface area contributed by atoms with Crippen LogP contribution in [0.15, 0.2) is 42.7 Å². The third-order valence-electron chi connectivity index (χ3n) is 5.29. The van der Waals surface area contributed by atoms with Gasteiger partial charge in [-0.2, -0.15) is 0 Å². The highest BCUT2D eigenvalue weighted by molar-refractivity contribution is 5.39. The summed E-state index contributed by atoms with van der Waals surface area (Å²) >= 11 is 0. The summed E-state index contributed by atoms with van der Waals surface area (Å²) in [5, 5.41) is 0. The number of rotatable bonds is 6. The topological polar surface area (TPSA) is 26.6 Å². The van der Waals surface area contributed by atoms with Gasteiger partial charge < -0.3 is 9.64 Å². The van der Waals surface area contributed by atoms with E-state index in [-0.39, 0.29) is 0 Å². The largest absolute Gasteiger partial charge is 0.487 e. The van der Waals surface area contributed by atoms with Gasteiger partial charge in [0.1, 0.15) is 24.9 Å². The number of nitrogens with zero attached hydrogens (tertiary/aromatic N) is 1. The molecule has 0 aliphatic carbocycles. The summed E-state index contributed by atoms with van der Waals surface area (Å²) in [7, 11) is 0. The molecule has 3 nitrogen and oxygen atoms in total. The van der Waals surface area contributed by atoms with Crippen molar-refractivity contribution in [3.63, 3.8) is 0 Å². The van der Waals surface area contributed by atoms with E-state index in [1.165, 1.54) is 42.5 Å². The Labute approximate surface area is 152 Å². The number of quaternary nitrogens is 1. The Hall–Kier alpha value is -1.87. The van der Waals surface area contributed by atoms with Gasteiger partial charge >= 0.3 is 0 Å². The second kappa shape index (κ2) is 8.48. The first-order valence-corrected chi connectivity index (χ1v) is 9.63. The van der Waals surface area contributed by atoms with Crippen LogP contribution >= 0.6 is 0 Å². The molecular formula is C22H31N2O+. The van der Waals surface area contributed by atoms with Crippen LogP contribution in [-0.4, -0.2) is 24.7 Å². The van der Waals surface area contributed by atoms with E-state index in [2.05, 4.69) is 56.1 Å². The normalized spacial score (nSPS) is 20.6. The highest BCUT2D eigenvalue weighted by Gasteiger charge is 2.27. The standard InChI is InChI=1S/C22H30N2O/c1-17(2)20-10-9-18(3)15-22(20)25-14-13-24-12-5-4-8-21(24)19-7-6-11-23-16-19/h6-7,9-11,15-17,21H,4-5,8,12-14H2,1-3H3/p+1/t21-/m1/s1. The van der Waals surface area contributed by atoms with Crippen LogP contribution in [0.5, 0.6) is 5.75 Å². The molecule has 2 heterocycles. The molecule has 1 aromatic carbocycles. The third kappa shape index (κ3) is 4.60. The molecule has 2 atom stereocenters. The lowest BCUT2D eigenvalue weighted by atomic mass is 9.96. The molecule has 1 unspecified atom stereocenters. The number of hydrogen-bond donors (Lipinski definition) is 1. The number of pyridine rings is 1. The van der Waals surface area contributed by atoms with E-state index in [1.807, 2.05) is 12.4 Å². The lowest BCUT2D eigenvalue weighted by Crippen LogP contribution is -3.13. The summed E-state index contributed by atoms with van der Waals surface area (Å²) in [6, 6.07) is 11.4. The van der Waals surface area contributed by atoms with Crippen molar-refractivity contribution < 1.29 is 9.64 Å². The zero-order valence-corrected chi connectivity index (χ0v) is 15.8. The van der Waals surface area contributed by atoms with E-state index in [0.717, 1.165) is 18.9 Å². The molecule has 2 aromatic rings. The minimum absolute atomic E-state index is 0.487. The summed E-state index contributed by atoms with van der Waals surface area (Å²) in [6.45, 7) is 9.64. The Morgan fingerprint density at radius 2 is 2.12 bits per heavy atom. The Morgan fingerprint density at radius 1 is 1.24 bits per heavy atom. The molecule has 134 valence electrons. The molecule has 0 radical (unpaired) electrons. The number of hydrogen-bond acceptors (Lipinski definition) is 2. The highest BCUT2D eigenvalue weighted by Crippen LogP contribution is 2.27. The maximum absolute atomic E-state index is 6.23. The second-order valence-corrected chi connectivity index (χ2v) is 7.54. The van der Waals surface area contributed by atoms with Gasteiger partial charge in [-0.1, -0.05) is 32.0 Å². The molecular weight excluding hydrogens is 308 g/mol. The molecule has 25 heavy (non-hydrogen) atoms. The second-order valence-electron chi connectivity index (χ2n) is 7.54. The molecule has 1 N–H and O–H groups in total.